The number of rotatable bonds is 1. The minimum Gasteiger partial charge on any atom is -0.339 e. The molecule has 0 aliphatic carbocycles. The van der Waals surface area contributed by atoms with Gasteiger partial charge >= 0.3 is 0 Å². The van der Waals surface area contributed by atoms with Crippen molar-refractivity contribution in [2.45, 2.75) is 13.5 Å². The van der Waals surface area contributed by atoms with E-state index < -0.39 is 0 Å². The number of hydrogen-bond donors (Lipinski definition) is 1. The molecule has 1 aliphatic rings. The normalized spacial score (nSPS) is 13.1. The van der Waals surface area contributed by atoms with Crippen LogP contribution in [0.4, 0.5) is 5.69 Å². The summed E-state index contributed by atoms with van der Waals surface area (Å²) in [6.07, 6.45) is 1.78. The second kappa shape index (κ2) is 4.42. The highest BCUT2D eigenvalue weighted by Gasteiger charge is 2.16. The highest BCUT2D eigenvalue weighted by atomic mass is 35.5. The maximum absolute atomic E-state index is 6.10. The fourth-order valence-electron chi connectivity index (χ4n) is 1.92. The number of benzene rings is 1. The Labute approximate surface area is 111 Å². The van der Waals surface area contributed by atoms with Crippen LogP contribution in [0.5, 0.6) is 0 Å². The first kappa shape index (κ1) is 11.2. The molecule has 90 valence electrons. The minimum absolute atomic E-state index is 0.686. The first-order valence-electron chi connectivity index (χ1n) is 5.76. The van der Waals surface area contributed by atoms with E-state index in [0.717, 1.165) is 33.4 Å². The molecule has 0 bridgehead atoms. The molecule has 0 atom stereocenters. The highest BCUT2D eigenvalue weighted by molar-refractivity contribution is 6.31. The molecule has 0 amide bonds. The van der Waals surface area contributed by atoms with Crippen molar-refractivity contribution in [1.29, 1.82) is 0 Å². The standard InChI is InChI=1S/C14H12ClN3/c1-9-4-5-11(7-12(9)15)18-14-13-10(8-17-14)3-2-6-16-13/h2-7H,8H2,1H3,(H,17,18). The molecule has 1 aliphatic heterocycles. The monoisotopic (exact) mass is 257 g/mol. The first-order chi connectivity index (χ1) is 8.74. The summed E-state index contributed by atoms with van der Waals surface area (Å²) < 4.78 is 0. The first-order valence-corrected chi connectivity index (χ1v) is 6.14. The van der Waals surface area contributed by atoms with Crippen molar-refractivity contribution >= 4 is 23.1 Å². The molecule has 2 aromatic rings. The Morgan fingerprint density at radius 3 is 3.00 bits per heavy atom. The van der Waals surface area contributed by atoms with Crippen LogP contribution in [0, 0.1) is 6.92 Å². The second-order valence-corrected chi connectivity index (χ2v) is 4.67. The zero-order chi connectivity index (χ0) is 12.5. The number of halogens is 1. The van der Waals surface area contributed by atoms with Gasteiger partial charge in [-0.1, -0.05) is 23.7 Å². The van der Waals surface area contributed by atoms with Crippen LogP contribution in [-0.4, -0.2) is 10.8 Å². The Hall–Kier alpha value is -1.87. The summed E-state index contributed by atoms with van der Waals surface area (Å²) in [7, 11) is 0. The van der Waals surface area contributed by atoms with Gasteiger partial charge in [-0.25, -0.2) is 0 Å². The van der Waals surface area contributed by atoms with Crippen molar-refractivity contribution in [2.75, 3.05) is 5.32 Å². The Bertz CT molecular complexity index is 635. The van der Waals surface area contributed by atoms with E-state index in [1.165, 1.54) is 0 Å². The molecule has 4 heteroatoms. The third kappa shape index (κ3) is 1.97. The van der Waals surface area contributed by atoms with Gasteiger partial charge in [-0.15, -0.1) is 0 Å². The number of nitrogens with zero attached hydrogens (tertiary/aromatic N) is 2. The summed E-state index contributed by atoms with van der Waals surface area (Å²) in [5.41, 5.74) is 4.07. The van der Waals surface area contributed by atoms with Crippen LogP contribution < -0.4 is 5.32 Å². The minimum atomic E-state index is 0.686. The van der Waals surface area contributed by atoms with E-state index in [4.69, 9.17) is 11.6 Å². The number of hydrogen-bond acceptors (Lipinski definition) is 3. The smallest absolute Gasteiger partial charge is 0.152 e. The largest absolute Gasteiger partial charge is 0.339 e. The van der Waals surface area contributed by atoms with E-state index in [2.05, 4.69) is 15.3 Å². The molecule has 18 heavy (non-hydrogen) atoms. The van der Waals surface area contributed by atoms with Gasteiger partial charge in [0.1, 0.15) is 5.69 Å². The molecule has 1 aromatic carbocycles. The average Bonchev–Trinajstić information content (AvgIpc) is 2.78. The molecule has 1 N–H and O–H groups in total. The number of aromatic nitrogens is 1. The molecule has 3 rings (SSSR count). The van der Waals surface area contributed by atoms with Crippen LogP contribution in [0.3, 0.4) is 0 Å². The Kier molecular flexibility index (Phi) is 2.76. The fourth-order valence-corrected chi connectivity index (χ4v) is 2.11. The topological polar surface area (TPSA) is 37.3 Å². The van der Waals surface area contributed by atoms with Crippen LogP contribution in [0.15, 0.2) is 41.5 Å². The van der Waals surface area contributed by atoms with Gasteiger partial charge in [0.15, 0.2) is 5.84 Å². The van der Waals surface area contributed by atoms with Gasteiger partial charge in [0, 0.05) is 22.5 Å². The molecule has 0 saturated carbocycles. The SMILES string of the molecule is Cc1ccc(NC2=NCc3cccnc32)cc1Cl. The molecular weight excluding hydrogens is 246 g/mol. The number of aryl methyl sites for hydroxylation is 1. The van der Waals surface area contributed by atoms with Gasteiger partial charge < -0.3 is 5.32 Å². The van der Waals surface area contributed by atoms with Gasteiger partial charge in [-0.2, -0.15) is 0 Å². The number of nitrogens with one attached hydrogen (secondary N) is 1. The van der Waals surface area contributed by atoms with Gasteiger partial charge in [0.2, 0.25) is 0 Å². The van der Waals surface area contributed by atoms with E-state index in [1.54, 1.807) is 6.20 Å². The van der Waals surface area contributed by atoms with E-state index in [1.807, 2.05) is 37.3 Å². The van der Waals surface area contributed by atoms with E-state index in [0.29, 0.717) is 6.54 Å². The summed E-state index contributed by atoms with van der Waals surface area (Å²) in [6, 6.07) is 9.85. The maximum Gasteiger partial charge on any atom is 0.152 e. The molecule has 2 heterocycles. The zero-order valence-corrected chi connectivity index (χ0v) is 10.7. The molecule has 0 fully saturated rings. The Morgan fingerprint density at radius 1 is 1.28 bits per heavy atom. The molecular formula is C14H12ClN3. The van der Waals surface area contributed by atoms with Crippen molar-refractivity contribution in [3.05, 3.63) is 58.4 Å². The van der Waals surface area contributed by atoms with Gasteiger partial charge in [-0.3, -0.25) is 9.98 Å². The van der Waals surface area contributed by atoms with Gasteiger partial charge in [0.05, 0.1) is 6.54 Å². The quantitative estimate of drug-likeness (QED) is 0.850. The van der Waals surface area contributed by atoms with Crippen LogP contribution in [0.1, 0.15) is 16.8 Å². The number of aliphatic imine (C=N–C) groups is 1. The van der Waals surface area contributed by atoms with E-state index in [9.17, 15) is 0 Å². The van der Waals surface area contributed by atoms with Crippen molar-refractivity contribution in [3.8, 4) is 0 Å². The molecule has 0 saturated heterocycles. The molecule has 3 nitrogen and oxygen atoms in total. The van der Waals surface area contributed by atoms with Crippen molar-refractivity contribution in [3.63, 3.8) is 0 Å². The van der Waals surface area contributed by atoms with Gasteiger partial charge in [0.25, 0.3) is 0 Å². The van der Waals surface area contributed by atoms with Crippen LogP contribution in [0.2, 0.25) is 5.02 Å². The van der Waals surface area contributed by atoms with Gasteiger partial charge in [-0.05, 0) is 30.7 Å². The van der Waals surface area contributed by atoms with Crippen LogP contribution in [0.25, 0.3) is 0 Å². The molecule has 0 spiro atoms. The molecule has 0 unspecified atom stereocenters. The maximum atomic E-state index is 6.10. The lowest BCUT2D eigenvalue weighted by Crippen LogP contribution is -2.13. The lowest BCUT2D eigenvalue weighted by atomic mass is 10.2. The third-order valence-electron chi connectivity index (χ3n) is 2.96. The summed E-state index contributed by atoms with van der Waals surface area (Å²) in [5, 5.41) is 4.02. The van der Waals surface area contributed by atoms with E-state index in [-0.39, 0.29) is 0 Å². The predicted molar refractivity (Wildman–Crippen MR) is 74.3 cm³/mol. The lowest BCUT2D eigenvalue weighted by Gasteiger charge is -2.08. The predicted octanol–water partition coefficient (Wildman–Crippen LogP) is 3.42. The van der Waals surface area contributed by atoms with Crippen molar-refractivity contribution < 1.29 is 0 Å². The number of pyridine rings is 1. The summed E-state index contributed by atoms with van der Waals surface area (Å²) >= 11 is 6.10. The number of amidine groups is 1. The van der Waals surface area contributed by atoms with Crippen molar-refractivity contribution in [1.82, 2.24) is 4.98 Å². The fraction of sp³-hybridized carbons (Fsp3) is 0.143. The van der Waals surface area contributed by atoms with Crippen LogP contribution >= 0.6 is 11.6 Å². The number of anilines is 1. The average molecular weight is 258 g/mol. The summed E-state index contributed by atoms with van der Waals surface area (Å²) in [5.74, 6) is 0.811. The Balaban J connectivity index is 1.88. The highest BCUT2D eigenvalue weighted by Crippen LogP contribution is 2.22. The lowest BCUT2D eigenvalue weighted by molar-refractivity contribution is 1.09. The number of fused-ring (bicyclic) bond motifs is 1. The second-order valence-electron chi connectivity index (χ2n) is 4.26. The zero-order valence-electron chi connectivity index (χ0n) is 9.94. The van der Waals surface area contributed by atoms with Crippen molar-refractivity contribution in [2.24, 2.45) is 4.99 Å². The molecule has 1 aromatic heterocycles. The summed E-state index contributed by atoms with van der Waals surface area (Å²) in [6.45, 7) is 2.67. The van der Waals surface area contributed by atoms with Crippen LogP contribution in [-0.2, 0) is 6.54 Å². The molecule has 0 radical (unpaired) electrons. The Morgan fingerprint density at radius 2 is 2.17 bits per heavy atom. The van der Waals surface area contributed by atoms with E-state index >= 15 is 0 Å². The summed E-state index contributed by atoms with van der Waals surface area (Å²) in [4.78, 5) is 8.80. The third-order valence-corrected chi connectivity index (χ3v) is 3.36.